The number of pyridine rings is 1. The maximum Gasteiger partial charge on any atom is 0.137 e. The van der Waals surface area contributed by atoms with Gasteiger partial charge in [0, 0.05) is 25.2 Å². The Morgan fingerprint density at radius 3 is 3.00 bits per heavy atom. The lowest BCUT2D eigenvalue weighted by Gasteiger charge is -2.06. The molecule has 0 saturated carbocycles. The molecule has 0 saturated heterocycles. The van der Waals surface area contributed by atoms with Gasteiger partial charge >= 0.3 is 0 Å². The third-order valence-electron chi connectivity index (χ3n) is 2.10. The molecule has 76 valence electrons. The van der Waals surface area contributed by atoms with Gasteiger partial charge in [0.2, 0.25) is 0 Å². The summed E-state index contributed by atoms with van der Waals surface area (Å²) in [5.41, 5.74) is 6.42. The minimum absolute atomic E-state index is 0.232. The number of hydrogen-bond acceptors (Lipinski definition) is 3. The molecule has 0 spiro atoms. The average molecular weight is 192 g/mol. The van der Waals surface area contributed by atoms with Crippen LogP contribution in [0.3, 0.4) is 0 Å². The minimum Gasteiger partial charge on any atom is -0.330 e. The summed E-state index contributed by atoms with van der Waals surface area (Å²) in [6.07, 6.45) is 4.46. The van der Waals surface area contributed by atoms with E-state index in [4.69, 9.17) is 5.73 Å². The molecule has 0 aromatic carbocycles. The zero-order chi connectivity index (χ0) is 10.4. The van der Waals surface area contributed by atoms with Gasteiger partial charge < -0.3 is 5.73 Å². The Hall–Kier alpha value is -1.22. The van der Waals surface area contributed by atoms with Crippen molar-refractivity contribution in [3.63, 3.8) is 0 Å². The SMILES string of the molecule is CC(CN)CC(=O)Cc1cccnc1. The summed E-state index contributed by atoms with van der Waals surface area (Å²) < 4.78 is 0. The number of carbonyl (C=O) groups excluding carboxylic acids is 1. The molecule has 1 aromatic heterocycles. The summed E-state index contributed by atoms with van der Waals surface area (Å²) in [6, 6.07) is 3.76. The molecule has 0 aliphatic rings. The number of nitrogens with two attached hydrogens (primary N) is 1. The third-order valence-corrected chi connectivity index (χ3v) is 2.10. The summed E-state index contributed by atoms with van der Waals surface area (Å²) in [4.78, 5) is 15.5. The van der Waals surface area contributed by atoms with Crippen LogP contribution in [0.1, 0.15) is 18.9 Å². The second-order valence-electron chi connectivity index (χ2n) is 3.62. The fraction of sp³-hybridized carbons (Fsp3) is 0.455. The first-order valence-electron chi connectivity index (χ1n) is 4.83. The maximum absolute atomic E-state index is 11.5. The lowest BCUT2D eigenvalue weighted by molar-refractivity contribution is -0.119. The van der Waals surface area contributed by atoms with E-state index < -0.39 is 0 Å². The second kappa shape index (κ2) is 5.50. The number of aromatic nitrogens is 1. The van der Waals surface area contributed by atoms with Gasteiger partial charge in [0.15, 0.2) is 0 Å². The van der Waals surface area contributed by atoms with Gasteiger partial charge in [-0.15, -0.1) is 0 Å². The van der Waals surface area contributed by atoms with Crippen molar-refractivity contribution in [2.45, 2.75) is 19.8 Å². The van der Waals surface area contributed by atoms with Crippen LogP contribution in [0.5, 0.6) is 0 Å². The Morgan fingerprint density at radius 1 is 1.64 bits per heavy atom. The first-order chi connectivity index (χ1) is 6.72. The van der Waals surface area contributed by atoms with Gasteiger partial charge in [0.05, 0.1) is 0 Å². The van der Waals surface area contributed by atoms with Gasteiger partial charge in [-0.3, -0.25) is 9.78 Å². The molecular formula is C11H16N2O. The molecule has 1 aromatic rings. The highest BCUT2D eigenvalue weighted by Gasteiger charge is 2.08. The van der Waals surface area contributed by atoms with Crippen LogP contribution in [0.25, 0.3) is 0 Å². The summed E-state index contributed by atoms with van der Waals surface area (Å²) in [5, 5.41) is 0. The Bertz CT molecular complexity index is 285. The number of carbonyl (C=O) groups is 1. The van der Waals surface area contributed by atoms with Crippen molar-refractivity contribution < 1.29 is 4.79 Å². The second-order valence-corrected chi connectivity index (χ2v) is 3.62. The van der Waals surface area contributed by atoms with Crippen molar-refractivity contribution in [2.24, 2.45) is 11.7 Å². The first kappa shape index (κ1) is 10.9. The number of ketones is 1. The number of Topliss-reactive ketones (excluding diaryl/α,β-unsaturated/α-hetero) is 1. The molecule has 1 atom stereocenters. The molecule has 1 unspecified atom stereocenters. The molecule has 0 aliphatic heterocycles. The van der Waals surface area contributed by atoms with E-state index in [2.05, 4.69) is 4.98 Å². The lowest BCUT2D eigenvalue weighted by Crippen LogP contribution is -2.16. The normalized spacial score (nSPS) is 12.4. The van der Waals surface area contributed by atoms with Crippen molar-refractivity contribution >= 4 is 5.78 Å². The van der Waals surface area contributed by atoms with Crippen molar-refractivity contribution in [2.75, 3.05) is 6.54 Å². The van der Waals surface area contributed by atoms with Crippen LogP contribution in [0.2, 0.25) is 0 Å². The molecule has 3 heteroatoms. The maximum atomic E-state index is 11.5. The zero-order valence-corrected chi connectivity index (χ0v) is 8.44. The molecule has 0 amide bonds. The standard InChI is InChI=1S/C11H16N2O/c1-9(7-12)5-11(14)6-10-3-2-4-13-8-10/h2-4,8-9H,5-7,12H2,1H3. The van der Waals surface area contributed by atoms with E-state index in [1.165, 1.54) is 0 Å². The number of hydrogen-bond donors (Lipinski definition) is 1. The third kappa shape index (κ3) is 3.66. The van der Waals surface area contributed by atoms with Gasteiger partial charge in [0.1, 0.15) is 5.78 Å². The highest BCUT2D eigenvalue weighted by atomic mass is 16.1. The Labute approximate surface area is 84.3 Å². The fourth-order valence-corrected chi connectivity index (χ4v) is 1.27. The monoisotopic (exact) mass is 192 g/mol. The van der Waals surface area contributed by atoms with E-state index in [0.29, 0.717) is 19.4 Å². The highest BCUT2D eigenvalue weighted by molar-refractivity contribution is 5.80. The Kier molecular flexibility index (Phi) is 4.26. The Balaban J connectivity index is 2.42. The first-order valence-corrected chi connectivity index (χ1v) is 4.83. The van der Waals surface area contributed by atoms with E-state index in [9.17, 15) is 4.79 Å². The Morgan fingerprint density at radius 2 is 2.43 bits per heavy atom. The van der Waals surface area contributed by atoms with Crippen LogP contribution in [0.15, 0.2) is 24.5 Å². The van der Waals surface area contributed by atoms with Crippen LogP contribution in [0, 0.1) is 5.92 Å². The van der Waals surface area contributed by atoms with E-state index >= 15 is 0 Å². The van der Waals surface area contributed by atoms with Crippen molar-refractivity contribution in [1.82, 2.24) is 4.98 Å². The summed E-state index contributed by atoms with van der Waals surface area (Å²) in [6.45, 7) is 2.56. The fourth-order valence-electron chi connectivity index (χ4n) is 1.27. The van der Waals surface area contributed by atoms with E-state index in [1.54, 1.807) is 12.4 Å². The largest absolute Gasteiger partial charge is 0.330 e. The van der Waals surface area contributed by atoms with Gasteiger partial charge in [-0.1, -0.05) is 13.0 Å². The van der Waals surface area contributed by atoms with Crippen molar-refractivity contribution in [1.29, 1.82) is 0 Å². The lowest BCUT2D eigenvalue weighted by atomic mass is 10.0. The van der Waals surface area contributed by atoms with Crippen LogP contribution >= 0.6 is 0 Å². The number of nitrogens with zero attached hydrogens (tertiary/aromatic N) is 1. The van der Waals surface area contributed by atoms with Crippen LogP contribution in [-0.2, 0) is 11.2 Å². The molecule has 3 nitrogen and oxygen atoms in total. The van der Waals surface area contributed by atoms with Crippen LogP contribution < -0.4 is 5.73 Å². The van der Waals surface area contributed by atoms with Gasteiger partial charge in [-0.05, 0) is 24.1 Å². The average Bonchev–Trinajstić information content (AvgIpc) is 2.19. The summed E-state index contributed by atoms with van der Waals surface area (Å²) >= 11 is 0. The molecule has 1 rings (SSSR count). The molecule has 1 heterocycles. The highest BCUT2D eigenvalue weighted by Crippen LogP contribution is 2.05. The smallest absolute Gasteiger partial charge is 0.137 e. The molecular weight excluding hydrogens is 176 g/mol. The van der Waals surface area contributed by atoms with Gasteiger partial charge in [-0.25, -0.2) is 0 Å². The quantitative estimate of drug-likeness (QED) is 0.762. The minimum atomic E-state index is 0.232. The molecule has 0 bridgehead atoms. The molecule has 0 fully saturated rings. The van der Waals surface area contributed by atoms with Gasteiger partial charge in [-0.2, -0.15) is 0 Å². The predicted molar refractivity (Wildman–Crippen MR) is 55.8 cm³/mol. The topological polar surface area (TPSA) is 56.0 Å². The molecule has 14 heavy (non-hydrogen) atoms. The predicted octanol–water partition coefficient (Wildman–Crippen LogP) is 1.18. The molecule has 0 radical (unpaired) electrons. The van der Waals surface area contributed by atoms with Crippen molar-refractivity contribution in [3.8, 4) is 0 Å². The van der Waals surface area contributed by atoms with E-state index in [-0.39, 0.29) is 11.7 Å². The van der Waals surface area contributed by atoms with Gasteiger partial charge in [0.25, 0.3) is 0 Å². The summed E-state index contributed by atoms with van der Waals surface area (Å²) in [7, 11) is 0. The van der Waals surface area contributed by atoms with Crippen LogP contribution in [-0.4, -0.2) is 17.3 Å². The zero-order valence-electron chi connectivity index (χ0n) is 8.44. The van der Waals surface area contributed by atoms with E-state index in [1.807, 2.05) is 19.1 Å². The number of rotatable bonds is 5. The van der Waals surface area contributed by atoms with E-state index in [0.717, 1.165) is 5.56 Å². The summed E-state index contributed by atoms with van der Waals surface area (Å²) in [5.74, 6) is 0.509. The molecule has 2 N–H and O–H groups in total. The molecule has 0 aliphatic carbocycles. The van der Waals surface area contributed by atoms with Crippen LogP contribution in [0.4, 0.5) is 0 Å². The van der Waals surface area contributed by atoms with Crippen molar-refractivity contribution in [3.05, 3.63) is 30.1 Å².